The summed E-state index contributed by atoms with van der Waals surface area (Å²) in [5.74, 6) is 2.03. The third kappa shape index (κ3) is 3.27. The van der Waals surface area contributed by atoms with E-state index in [1.165, 1.54) is 0 Å². The van der Waals surface area contributed by atoms with Gasteiger partial charge in [-0.15, -0.1) is 0 Å². The van der Waals surface area contributed by atoms with Crippen LogP contribution in [0.5, 0.6) is 5.75 Å². The Kier molecular flexibility index (Phi) is 3.88. The van der Waals surface area contributed by atoms with Crippen molar-refractivity contribution in [3.63, 3.8) is 0 Å². The lowest BCUT2D eigenvalue weighted by atomic mass is 10.3. The molecule has 2 rings (SSSR count). The summed E-state index contributed by atoms with van der Waals surface area (Å²) in [6.45, 7) is 4.89. The number of rotatable bonds is 5. The maximum Gasteiger partial charge on any atom is 0.223 e. The predicted molar refractivity (Wildman–Crippen MR) is 65.1 cm³/mol. The van der Waals surface area contributed by atoms with E-state index in [0.29, 0.717) is 24.8 Å². The molecule has 0 radical (unpaired) electrons. The Morgan fingerprint density at radius 1 is 1.22 bits per heavy atom. The van der Waals surface area contributed by atoms with Gasteiger partial charge in [0.25, 0.3) is 0 Å². The summed E-state index contributed by atoms with van der Waals surface area (Å²) in [7, 11) is 1.65. The van der Waals surface area contributed by atoms with Crippen LogP contribution in [0.2, 0.25) is 0 Å². The largest absolute Gasteiger partial charge is 0.497 e. The Balaban J connectivity index is 1.91. The number of hydrogen-bond donors (Lipinski definition) is 1. The van der Waals surface area contributed by atoms with Crippen molar-refractivity contribution >= 4 is 0 Å². The Morgan fingerprint density at radius 3 is 2.72 bits per heavy atom. The van der Waals surface area contributed by atoms with E-state index in [4.69, 9.17) is 9.26 Å². The molecule has 0 spiro atoms. The molecule has 2 aromatic heterocycles. The maximum absolute atomic E-state index is 5.20. The number of ether oxygens (including phenoxy) is 1. The molecule has 0 saturated carbocycles. The molecule has 6 nitrogen and oxygen atoms in total. The van der Waals surface area contributed by atoms with E-state index >= 15 is 0 Å². The second-order valence-electron chi connectivity index (χ2n) is 3.97. The van der Waals surface area contributed by atoms with Crippen LogP contribution in [0.3, 0.4) is 0 Å². The molecule has 96 valence electrons. The van der Waals surface area contributed by atoms with E-state index in [2.05, 4.69) is 20.4 Å². The van der Waals surface area contributed by atoms with Crippen molar-refractivity contribution < 1.29 is 9.26 Å². The standard InChI is InChI=1S/C12H16N4O2/c1-8-4-11(17-3)5-10(14-8)6-13-7-12-15-9(2)18-16-12/h4-5,13H,6-7H2,1-3H3. The van der Waals surface area contributed by atoms with Gasteiger partial charge in [-0.05, 0) is 6.92 Å². The molecule has 6 heteroatoms. The molecule has 0 fully saturated rings. The van der Waals surface area contributed by atoms with Crippen molar-refractivity contribution in [3.8, 4) is 5.75 Å². The monoisotopic (exact) mass is 248 g/mol. The molecule has 0 bridgehead atoms. The van der Waals surface area contributed by atoms with Crippen LogP contribution in [0, 0.1) is 13.8 Å². The highest BCUT2D eigenvalue weighted by atomic mass is 16.5. The van der Waals surface area contributed by atoms with Crippen LogP contribution in [0.25, 0.3) is 0 Å². The Labute approximate surface area is 105 Å². The average Bonchev–Trinajstić information content (AvgIpc) is 2.74. The molecular weight excluding hydrogens is 232 g/mol. The molecule has 0 saturated heterocycles. The zero-order valence-electron chi connectivity index (χ0n) is 10.7. The smallest absolute Gasteiger partial charge is 0.223 e. The summed E-state index contributed by atoms with van der Waals surface area (Å²) in [5.41, 5.74) is 1.86. The lowest BCUT2D eigenvalue weighted by Gasteiger charge is -2.06. The number of pyridine rings is 1. The van der Waals surface area contributed by atoms with Gasteiger partial charge in [0.05, 0.1) is 19.3 Å². The van der Waals surface area contributed by atoms with Gasteiger partial charge in [-0.2, -0.15) is 4.98 Å². The normalized spacial score (nSPS) is 10.6. The molecule has 0 unspecified atom stereocenters. The Hall–Kier alpha value is -1.95. The van der Waals surface area contributed by atoms with Crippen molar-refractivity contribution in [3.05, 3.63) is 35.2 Å². The second kappa shape index (κ2) is 5.59. The van der Waals surface area contributed by atoms with Gasteiger partial charge in [0.1, 0.15) is 5.75 Å². The van der Waals surface area contributed by atoms with E-state index in [9.17, 15) is 0 Å². The molecular formula is C12H16N4O2. The van der Waals surface area contributed by atoms with Crippen LogP contribution in [0.1, 0.15) is 23.1 Å². The number of aryl methyl sites for hydroxylation is 2. The van der Waals surface area contributed by atoms with Crippen LogP contribution in [-0.2, 0) is 13.1 Å². The summed E-state index contributed by atoms with van der Waals surface area (Å²) >= 11 is 0. The fraction of sp³-hybridized carbons (Fsp3) is 0.417. The van der Waals surface area contributed by atoms with Crippen LogP contribution < -0.4 is 10.1 Å². The minimum Gasteiger partial charge on any atom is -0.497 e. The molecule has 0 atom stereocenters. The first-order chi connectivity index (χ1) is 8.67. The first-order valence-corrected chi connectivity index (χ1v) is 5.69. The highest BCUT2D eigenvalue weighted by Crippen LogP contribution is 2.13. The predicted octanol–water partition coefficient (Wildman–Crippen LogP) is 1.38. The first-order valence-electron chi connectivity index (χ1n) is 5.69. The van der Waals surface area contributed by atoms with Gasteiger partial charge in [-0.3, -0.25) is 4.98 Å². The molecule has 2 aromatic rings. The number of nitrogens with zero attached hydrogens (tertiary/aromatic N) is 3. The van der Waals surface area contributed by atoms with Crippen molar-refractivity contribution in [2.75, 3.05) is 7.11 Å². The van der Waals surface area contributed by atoms with Gasteiger partial charge < -0.3 is 14.6 Å². The lowest BCUT2D eigenvalue weighted by Crippen LogP contribution is -2.15. The number of hydrogen-bond acceptors (Lipinski definition) is 6. The van der Waals surface area contributed by atoms with Gasteiger partial charge in [0, 0.05) is 31.3 Å². The molecule has 0 aliphatic carbocycles. The van der Waals surface area contributed by atoms with Crippen LogP contribution in [0.15, 0.2) is 16.7 Å². The maximum atomic E-state index is 5.20. The molecule has 0 aliphatic heterocycles. The number of nitrogens with one attached hydrogen (secondary N) is 1. The summed E-state index contributed by atoms with van der Waals surface area (Å²) in [5, 5.41) is 7.01. The Morgan fingerprint density at radius 2 is 2.06 bits per heavy atom. The minimum absolute atomic E-state index is 0.551. The van der Waals surface area contributed by atoms with E-state index in [1.54, 1.807) is 14.0 Å². The van der Waals surface area contributed by atoms with E-state index in [-0.39, 0.29) is 0 Å². The Bertz CT molecular complexity index is 525. The van der Waals surface area contributed by atoms with Crippen LogP contribution in [-0.4, -0.2) is 22.2 Å². The van der Waals surface area contributed by atoms with Gasteiger partial charge in [0.2, 0.25) is 5.89 Å². The summed E-state index contributed by atoms with van der Waals surface area (Å²) in [6, 6.07) is 3.80. The van der Waals surface area contributed by atoms with Crippen molar-refractivity contribution in [1.29, 1.82) is 0 Å². The third-order valence-corrected chi connectivity index (χ3v) is 2.37. The summed E-state index contributed by atoms with van der Waals surface area (Å²) in [6.07, 6.45) is 0. The van der Waals surface area contributed by atoms with Crippen LogP contribution in [0.4, 0.5) is 0 Å². The van der Waals surface area contributed by atoms with Crippen molar-refractivity contribution in [2.24, 2.45) is 0 Å². The van der Waals surface area contributed by atoms with E-state index in [0.717, 1.165) is 17.1 Å². The number of methoxy groups -OCH3 is 1. The molecule has 18 heavy (non-hydrogen) atoms. The van der Waals surface area contributed by atoms with Crippen molar-refractivity contribution in [1.82, 2.24) is 20.4 Å². The SMILES string of the molecule is COc1cc(C)nc(CNCc2noc(C)n2)c1. The highest BCUT2D eigenvalue weighted by Gasteiger charge is 2.03. The van der Waals surface area contributed by atoms with Gasteiger partial charge in [-0.25, -0.2) is 0 Å². The fourth-order valence-electron chi connectivity index (χ4n) is 1.63. The summed E-state index contributed by atoms with van der Waals surface area (Å²) in [4.78, 5) is 8.52. The number of aromatic nitrogens is 3. The molecule has 0 amide bonds. The average molecular weight is 248 g/mol. The van der Waals surface area contributed by atoms with Crippen LogP contribution >= 0.6 is 0 Å². The summed E-state index contributed by atoms with van der Waals surface area (Å²) < 4.78 is 10.1. The zero-order valence-corrected chi connectivity index (χ0v) is 10.7. The second-order valence-corrected chi connectivity index (χ2v) is 3.97. The minimum atomic E-state index is 0.551. The molecule has 1 N–H and O–H groups in total. The quantitative estimate of drug-likeness (QED) is 0.861. The lowest BCUT2D eigenvalue weighted by molar-refractivity contribution is 0.385. The van der Waals surface area contributed by atoms with Crippen molar-refractivity contribution in [2.45, 2.75) is 26.9 Å². The van der Waals surface area contributed by atoms with E-state index < -0.39 is 0 Å². The van der Waals surface area contributed by atoms with Gasteiger partial charge >= 0.3 is 0 Å². The topological polar surface area (TPSA) is 73.1 Å². The fourth-order valence-corrected chi connectivity index (χ4v) is 1.63. The molecule has 2 heterocycles. The van der Waals surface area contributed by atoms with E-state index in [1.807, 2.05) is 19.1 Å². The third-order valence-electron chi connectivity index (χ3n) is 2.37. The van der Waals surface area contributed by atoms with Gasteiger partial charge in [0.15, 0.2) is 5.82 Å². The first kappa shape index (κ1) is 12.5. The molecule has 0 aromatic carbocycles. The van der Waals surface area contributed by atoms with Gasteiger partial charge in [-0.1, -0.05) is 5.16 Å². The zero-order chi connectivity index (χ0) is 13.0. The highest BCUT2D eigenvalue weighted by molar-refractivity contribution is 5.26. The molecule has 0 aliphatic rings.